The van der Waals surface area contributed by atoms with E-state index in [1.807, 2.05) is 6.92 Å². The van der Waals surface area contributed by atoms with Crippen LogP contribution in [0.3, 0.4) is 0 Å². The number of allylic oxidation sites excluding steroid dienone is 2. The summed E-state index contributed by atoms with van der Waals surface area (Å²) < 4.78 is 11.5. The summed E-state index contributed by atoms with van der Waals surface area (Å²) in [6.07, 6.45) is 7.03. The molecule has 2 aliphatic rings. The molecule has 2 aliphatic carbocycles. The van der Waals surface area contributed by atoms with Crippen molar-refractivity contribution in [2.75, 3.05) is 5.75 Å². The summed E-state index contributed by atoms with van der Waals surface area (Å²) in [5.41, 5.74) is 0. The first-order chi connectivity index (χ1) is 5.31. The fourth-order valence-electron chi connectivity index (χ4n) is 2.25. The second-order valence-electron chi connectivity index (χ2n) is 3.49. The summed E-state index contributed by atoms with van der Waals surface area (Å²) in [6.45, 7) is 2.02. The zero-order chi connectivity index (χ0) is 7.84. The van der Waals surface area contributed by atoms with Gasteiger partial charge < -0.3 is 0 Å². The highest BCUT2D eigenvalue weighted by atomic mass is 32.2. The van der Waals surface area contributed by atoms with Crippen LogP contribution in [0.15, 0.2) is 12.2 Å². The van der Waals surface area contributed by atoms with Gasteiger partial charge in [0.2, 0.25) is 0 Å². The lowest BCUT2D eigenvalue weighted by Crippen LogP contribution is -2.21. The van der Waals surface area contributed by atoms with Crippen LogP contribution in [0, 0.1) is 11.8 Å². The summed E-state index contributed by atoms with van der Waals surface area (Å²) in [7, 11) is -0.553. The molecule has 4 atom stereocenters. The van der Waals surface area contributed by atoms with Crippen molar-refractivity contribution in [2.24, 2.45) is 11.8 Å². The third-order valence-corrected chi connectivity index (χ3v) is 4.63. The molecule has 0 N–H and O–H groups in total. The third kappa shape index (κ3) is 1.18. The zero-order valence-corrected chi connectivity index (χ0v) is 7.64. The topological polar surface area (TPSA) is 17.1 Å². The van der Waals surface area contributed by atoms with Crippen LogP contribution >= 0.6 is 0 Å². The molecule has 0 amide bonds. The Balaban J connectivity index is 2.08. The number of hydrogen-bond donors (Lipinski definition) is 0. The summed E-state index contributed by atoms with van der Waals surface area (Å²) in [5, 5.41) is 0.495. The van der Waals surface area contributed by atoms with Crippen molar-refractivity contribution < 1.29 is 4.21 Å². The van der Waals surface area contributed by atoms with Gasteiger partial charge in [-0.3, -0.25) is 4.21 Å². The number of rotatable bonds is 2. The predicted molar refractivity (Wildman–Crippen MR) is 47.8 cm³/mol. The minimum Gasteiger partial charge on any atom is -0.259 e. The van der Waals surface area contributed by atoms with Gasteiger partial charge in [0.1, 0.15) is 0 Å². The van der Waals surface area contributed by atoms with Crippen LogP contribution in [0.4, 0.5) is 0 Å². The van der Waals surface area contributed by atoms with E-state index in [9.17, 15) is 4.21 Å². The van der Waals surface area contributed by atoms with E-state index in [0.717, 1.165) is 11.7 Å². The van der Waals surface area contributed by atoms with Crippen molar-refractivity contribution in [2.45, 2.75) is 25.0 Å². The van der Waals surface area contributed by atoms with Crippen molar-refractivity contribution >= 4 is 10.8 Å². The van der Waals surface area contributed by atoms with Gasteiger partial charge >= 0.3 is 0 Å². The Morgan fingerprint density at radius 1 is 1.45 bits per heavy atom. The second kappa shape index (κ2) is 2.74. The van der Waals surface area contributed by atoms with Gasteiger partial charge in [0.25, 0.3) is 0 Å². The molecule has 0 aromatic heterocycles. The molecule has 0 radical (unpaired) electrons. The average molecular weight is 170 g/mol. The van der Waals surface area contributed by atoms with Crippen LogP contribution < -0.4 is 0 Å². The Kier molecular flexibility index (Phi) is 1.88. The molecule has 0 heterocycles. The van der Waals surface area contributed by atoms with Crippen LogP contribution in [0.1, 0.15) is 19.8 Å². The Labute approximate surface area is 70.3 Å². The number of fused-ring (bicyclic) bond motifs is 2. The lowest BCUT2D eigenvalue weighted by Gasteiger charge is -2.15. The molecule has 62 valence electrons. The van der Waals surface area contributed by atoms with E-state index >= 15 is 0 Å². The van der Waals surface area contributed by atoms with E-state index in [-0.39, 0.29) is 0 Å². The van der Waals surface area contributed by atoms with Crippen LogP contribution in [0.2, 0.25) is 0 Å². The smallest absolute Gasteiger partial charge is 0.0416 e. The molecule has 11 heavy (non-hydrogen) atoms. The first-order valence-electron chi connectivity index (χ1n) is 4.36. The van der Waals surface area contributed by atoms with Crippen molar-refractivity contribution in [1.82, 2.24) is 0 Å². The first-order valence-corrected chi connectivity index (χ1v) is 5.75. The van der Waals surface area contributed by atoms with Crippen molar-refractivity contribution in [3.05, 3.63) is 12.2 Å². The molecule has 1 saturated carbocycles. The quantitative estimate of drug-likeness (QED) is 0.577. The fraction of sp³-hybridized carbons (Fsp3) is 0.778. The van der Waals surface area contributed by atoms with Crippen molar-refractivity contribution in [3.8, 4) is 0 Å². The Morgan fingerprint density at radius 3 is 2.73 bits per heavy atom. The summed E-state index contributed by atoms with van der Waals surface area (Å²) >= 11 is 0. The van der Waals surface area contributed by atoms with Gasteiger partial charge in [0, 0.05) is 21.8 Å². The molecule has 0 spiro atoms. The van der Waals surface area contributed by atoms with Gasteiger partial charge in [-0.05, 0) is 24.7 Å². The largest absolute Gasteiger partial charge is 0.259 e. The van der Waals surface area contributed by atoms with Gasteiger partial charge in [0.15, 0.2) is 0 Å². The highest BCUT2D eigenvalue weighted by Gasteiger charge is 2.38. The van der Waals surface area contributed by atoms with E-state index in [0.29, 0.717) is 11.2 Å². The molecule has 0 aromatic carbocycles. The van der Waals surface area contributed by atoms with Crippen molar-refractivity contribution in [3.63, 3.8) is 0 Å². The Hall–Kier alpha value is -0.110. The normalized spacial score (nSPS) is 43.2. The van der Waals surface area contributed by atoms with E-state index in [1.54, 1.807) is 0 Å². The minimum atomic E-state index is -0.553. The second-order valence-corrected chi connectivity index (χ2v) is 5.43. The van der Waals surface area contributed by atoms with Gasteiger partial charge in [0.05, 0.1) is 0 Å². The van der Waals surface area contributed by atoms with Gasteiger partial charge in [-0.2, -0.15) is 0 Å². The van der Waals surface area contributed by atoms with E-state index < -0.39 is 10.8 Å². The average Bonchev–Trinajstić information content (AvgIpc) is 2.62. The predicted octanol–water partition coefficient (Wildman–Crippen LogP) is 1.72. The molecule has 0 unspecified atom stereocenters. The van der Waals surface area contributed by atoms with E-state index in [2.05, 4.69) is 12.2 Å². The maximum Gasteiger partial charge on any atom is 0.0416 e. The monoisotopic (exact) mass is 170 g/mol. The molecule has 2 bridgehead atoms. The standard InChI is InChI=1S/C9H14OS/c1-2-11(10)9-6-7-3-4-8(9)5-7/h3-4,7-9H,2,5-6H2,1H3/t7-,8+,9+,11-/m0/s1. The van der Waals surface area contributed by atoms with Crippen LogP contribution in [0.5, 0.6) is 0 Å². The highest BCUT2D eigenvalue weighted by Crippen LogP contribution is 2.41. The minimum absolute atomic E-state index is 0.495. The highest BCUT2D eigenvalue weighted by molar-refractivity contribution is 7.85. The van der Waals surface area contributed by atoms with Crippen LogP contribution in [-0.4, -0.2) is 15.2 Å². The SMILES string of the molecule is CC[S@](=O)[C@@H]1C[C@H]2C=C[C@@H]1C2. The molecule has 0 aromatic rings. The van der Waals surface area contributed by atoms with E-state index in [1.165, 1.54) is 12.8 Å². The molecular formula is C9H14OS. The van der Waals surface area contributed by atoms with Crippen LogP contribution in [0.25, 0.3) is 0 Å². The summed E-state index contributed by atoms with van der Waals surface area (Å²) in [6, 6.07) is 0. The van der Waals surface area contributed by atoms with Crippen molar-refractivity contribution in [1.29, 1.82) is 0 Å². The molecule has 2 rings (SSSR count). The van der Waals surface area contributed by atoms with Gasteiger partial charge in [-0.15, -0.1) is 0 Å². The molecular weight excluding hydrogens is 156 g/mol. The maximum atomic E-state index is 11.5. The lowest BCUT2D eigenvalue weighted by atomic mass is 10.1. The van der Waals surface area contributed by atoms with Gasteiger partial charge in [-0.25, -0.2) is 0 Å². The Bertz CT molecular complexity index is 210. The molecule has 0 aliphatic heterocycles. The maximum absolute atomic E-state index is 11.5. The molecule has 1 nitrogen and oxygen atoms in total. The molecule has 2 heteroatoms. The number of hydrogen-bond acceptors (Lipinski definition) is 1. The summed E-state index contributed by atoms with van der Waals surface area (Å²) in [4.78, 5) is 0. The molecule has 0 saturated heterocycles. The van der Waals surface area contributed by atoms with Gasteiger partial charge in [-0.1, -0.05) is 19.1 Å². The summed E-state index contributed by atoms with van der Waals surface area (Å²) in [5.74, 6) is 2.25. The third-order valence-electron chi connectivity index (χ3n) is 2.84. The van der Waals surface area contributed by atoms with E-state index in [4.69, 9.17) is 0 Å². The zero-order valence-electron chi connectivity index (χ0n) is 6.82. The first kappa shape index (κ1) is 7.53. The lowest BCUT2D eigenvalue weighted by molar-refractivity contribution is 0.642. The fourth-order valence-corrected chi connectivity index (χ4v) is 3.73. The van der Waals surface area contributed by atoms with Crippen LogP contribution in [-0.2, 0) is 10.8 Å². The molecule has 1 fully saturated rings. The Morgan fingerprint density at radius 2 is 2.27 bits per heavy atom.